The van der Waals surface area contributed by atoms with Gasteiger partial charge in [-0.2, -0.15) is 0 Å². The van der Waals surface area contributed by atoms with Gasteiger partial charge in [-0.05, 0) is 18.9 Å². The first-order valence-electron chi connectivity index (χ1n) is 3.94. The zero-order valence-corrected chi connectivity index (χ0v) is 6.83. The van der Waals surface area contributed by atoms with Crippen molar-refractivity contribution in [1.82, 2.24) is 4.98 Å². The van der Waals surface area contributed by atoms with Gasteiger partial charge in [-0.15, -0.1) is 0 Å². The van der Waals surface area contributed by atoms with E-state index in [0.29, 0.717) is 11.5 Å². The van der Waals surface area contributed by atoms with Crippen LogP contribution in [0.2, 0.25) is 0 Å². The number of rotatable bonds is 0. The lowest BCUT2D eigenvalue weighted by Crippen LogP contribution is -2.14. The first kappa shape index (κ1) is 7.28. The van der Waals surface area contributed by atoms with Crippen LogP contribution in [0.4, 0.5) is 0 Å². The molecule has 3 heteroatoms. The van der Waals surface area contributed by atoms with Crippen LogP contribution in [-0.2, 0) is 6.42 Å². The maximum Gasteiger partial charge on any atom is 0.342 e. The van der Waals surface area contributed by atoms with Crippen LogP contribution < -0.4 is 5.63 Å². The molecule has 1 aliphatic carbocycles. The number of fused-ring (bicyclic) bond motifs is 1. The summed E-state index contributed by atoms with van der Waals surface area (Å²) in [5.74, 6) is 0.435. The summed E-state index contributed by atoms with van der Waals surface area (Å²) in [6, 6.07) is 0. The predicted molar refractivity (Wildman–Crippen MR) is 44.9 cm³/mol. The fraction of sp³-hybridized carbons (Fsp3) is 0.333. The van der Waals surface area contributed by atoms with Crippen molar-refractivity contribution >= 4 is 6.08 Å². The Bertz CT molecular complexity index is 390. The number of nitrogens with zero attached hydrogens (tertiary/aromatic N) is 1. The summed E-state index contributed by atoms with van der Waals surface area (Å²) >= 11 is 0. The van der Waals surface area contributed by atoms with Crippen LogP contribution in [0.25, 0.3) is 6.08 Å². The molecule has 1 aromatic heterocycles. The van der Waals surface area contributed by atoms with E-state index >= 15 is 0 Å². The molecule has 0 bridgehead atoms. The van der Waals surface area contributed by atoms with Crippen molar-refractivity contribution in [3.63, 3.8) is 0 Å². The minimum Gasteiger partial charge on any atom is -0.408 e. The van der Waals surface area contributed by atoms with E-state index in [1.165, 1.54) is 0 Å². The SMILES string of the molecule is Cc1nc2c(c(=O)o1)CCC=C2. The lowest BCUT2D eigenvalue weighted by molar-refractivity contribution is 0.446. The summed E-state index contributed by atoms with van der Waals surface area (Å²) in [6.45, 7) is 1.68. The third-order valence-corrected chi connectivity index (χ3v) is 1.91. The van der Waals surface area contributed by atoms with E-state index in [0.717, 1.165) is 18.5 Å². The summed E-state index contributed by atoms with van der Waals surface area (Å²) in [5.41, 5.74) is 1.25. The van der Waals surface area contributed by atoms with E-state index in [1.807, 2.05) is 12.2 Å². The zero-order chi connectivity index (χ0) is 8.55. The number of aryl methyl sites for hydroxylation is 1. The molecule has 0 aromatic carbocycles. The van der Waals surface area contributed by atoms with Gasteiger partial charge in [0.2, 0.25) is 0 Å². The van der Waals surface area contributed by atoms with Gasteiger partial charge in [-0.25, -0.2) is 9.78 Å². The Hall–Kier alpha value is -1.38. The fourth-order valence-corrected chi connectivity index (χ4v) is 1.35. The van der Waals surface area contributed by atoms with Crippen LogP contribution >= 0.6 is 0 Å². The first-order chi connectivity index (χ1) is 5.77. The van der Waals surface area contributed by atoms with Gasteiger partial charge < -0.3 is 4.42 Å². The first-order valence-corrected chi connectivity index (χ1v) is 3.94. The molecular formula is C9H9NO2. The maximum absolute atomic E-state index is 11.2. The second-order valence-electron chi connectivity index (χ2n) is 2.83. The van der Waals surface area contributed by atoms with E-state index in [4.69, 9.17) is 4.42 Å². The molecule has 1 heterocycles. The highest BCUT2D eigenvalue weighted by molar-refractivity contribution is 5.50. The van der Waals surface area contributed by atoms with E-state index in [-0.39, 0.29) is 5.63 Å². The molecule has 0 fully saturated rings. The minimum atomic E-state index is -0.234. The van der Waals surface area contributed by atoms with Crippen molar-refractivity contribution in [3.05, 3.63) is 33.6 Å². The Morgan fingerprint density at radius 3 is 3.25 bits per heavy atom. The molecular weight excluding hydrogens is 154 g/mol. The fourth-order valence-electron chi connectivity index (χ4n) is 1.35. The van der Waals surface area contributed by atoms with Crippen LogP contribution in [0.3, 0.4) is 0 Å². The largest absolute Gasteiger partial charge is 0.408 e. The molecule has 0 atom stereocenters. The predicted octanol–water partition coefficient (Wildman–Crippen LogP) is 1.30. The monoisotopic (exact) mass is 163 g/mol. The third-order valence-electron chi connectivity index (χ3n) is 1.91. The standard InChI is InChI=1S/C9H9NO2/c1-6-10-8-5-3-2-4-7(8)9(11)12-6/h3,5H,2,4H2,1H3. The summed E-state index contributed by atoms with van der Waals surface area (Å²) < 4.78 is 4.87. The molecule has 0 N–H and O–H groups in total. The molecule has 0 unspecified atom stereocenters. The average molecular weight is 163 g/mol. The van der Waals surface area contributed by atoms with Gasteiger partial charge in [0.05, 0.1) is 11.3 Å². The van der Waals surface area contributed by atoms with Crippen molar-refractivity contribution in [2.24, 2.45) is 0 Å². The molecule has 1 aromatic rings. The van der Waals surface area contributed by atoms with Crippen LogP contribution in [0, 0.1) is 6.92 Å². The highest BCUT2D eigenvalue weighted by Gasteiger charge is 2.11. The second-order valence-corrected chi connectivity index (χ2v) is 2.83. The summed E-state index contributed by atoms with van der Waals surface area (Å²) in [4.78, 5) is 15.4. The molecule has 12 heavy (non-hydrogen) atoms. The van der Waals surface area contributed by atoms with Gasteiger partial charge in [-0.1, -0.05) is 6.08 Å². The second kappa shape index (κ2) is 2.59. The normalized spacial score (nSPS) is 14.4. The lowest BCUT2D eigenvalue weighted by Gasteiger charge is -2.06. The summed E-state index contributed by atoms with van der Waals surface area (Å²) in [5, 5.41) is 0. The van der Waals surface area contributed by atoms with Crippen LogP contribution in [0.15, 0.2) is 15.3 Å². The molecule has 62 valence electrons. The molecule has 0 saturated carbocycles. The topological polar surface area (TPSA) is 43.1 Å². The van der Waals surface area contributed by atoms with Crippen molar-refractivity contribution in [2.75, 3.05) is 0 Å². The van der Waals surface area contributed by atoms with Gasteiger partial charge in [0.15, 0.2) is 5.89 Å². The van der Waals surface area contributed by atoms with Crippen molar-refractivity contribution in [2.45, 2.75) is 19.8 Å². The van der Waals surface area contributed by atoms with E-state index in [9.17, 15) is 4.79 Å². The molecule has 1 aliphatic rings. The average Bonchev–Trinajstić information content (AvgIpc) is 2.04. The Labute approximate surface area is 69.7 Å². The number of hydrogen-bond donors (Lipinski definition) is 0. The third kappa shape index (κ3) is 1.07. The Morgan fingerprint density at radius 2 is 2.42 bits per heavy atom. The van der Waals surface area contributed by atoms with Crippen molar-refractivity contribution < 1.29 is 4.42 Å². The smallest absolute Gasteiger partial charge is 0.342 e. The molecule has 3 nitrogen and oxygen atoms in total. The quantitative estimate of drug-likeness (QED) is 0.579. The number of hydrogen-bond acceptors (Lipinski definition) is 3. The lowest BCUT2D eigenvalue weighted by atomic mass is 10.0. The zero-order valence-electron chi connectivity index (χ0n) is 6.83. The number of allylic oxidation sites excluding steroid dienone is 1. The molecule has 0 saturated heterocycles. The molecule has 0 spiro atoms. The number of aromatic nitrogens is 1. The Morgan fingerprint density at radius 1 is 1.58 bits per heavy atom. The minimum absolute atomic E-state index is 0.234. The van der Waals surface area contributed by atoms with E-state index in [1.54, 1.807) is 6.92 Å². The Balaban J connectivity index is 2.71. The van der Waals surface area contributed by atoms with Crippen molar-refractivity contribution in [1.29, 1.82) is 0 Å². The van der Waals surface area contributed by atoms with Crippen LogP contribution in [0.1, 0.15) is 23.6 Å². The molecule has 0 amide bonds. The van der Waals surface area contributed by atoms with Gasteiger partial charge in [0, 0.05) is 6.92 Å². The highest BCUT2D eigenvalue weighted by Crippen LogP contribution is 2.13. The van der Waals surface area contributed by atoms with Crippen molar-refractivity contribution in [3.8, 4) is 0 Å². The maximum atomic E-state index is 11.2. The summed E-state index contributed by atoms with van der Waals surface area (Å²) in [6.07, 6.45) is 5.56. The molecule has 0 aliphatic heterocycles. The van der Waals surface area contributed by atoms with Crippen LogP contribution in [0.5, 0.6) is 0 Å². The van der Waals surface area contributed by atoms with E-state index < -0.39 is 0 Å². The molecule has 0 radical (unpaired) electrons. The van der Waals surface area contributed by atoms with Crippen LogP contribution in [-0.4, -0.2) is 4.98 Å². The van der Waals surface area contributed by atoms with Gasteiger partial charge in [0.1, 0.15) is 0 Å². The van der Waals surface area contributed by atoms with Gasteiger partial charge >= 0.3 is 5.63 Å². The summed E-state index contributed by atoms with van der Waals surface area (Å²) in [7, 11) is 0. The highest BCUT2D eigenvalue weighted by atomic mass is 16.4. The van der Waals surface area contributed by atoms with E-state index in [2.05, 4.69) is 4.98 Å². The molecule has 2 rings (SSSR count). The van der Waals surface area contributed by atoms with Gasteiger partial charge in [-0.3, -0.25) is 0 Å². The van der Waals surface area contributed by atoms with Gasteiger partial charge in [0.25, 0.3) is 0 Å². The Kier molecular flexibility index (Phi) is 1.57.